The molecule has 5 nitrogen and oxygen atoms in total. The van der Waals surface area contributed by atoms with E-state index in [-0.39, 0.29) is 5.91 Å². The highest BCUT2D eigenvalue weighted by molar-refractivity contribution is 5.95. The number of methoxy groups -OCH3 is 2. The van der Waals surface area contributed by atoms with Gasteiger partial charge in [-0.2, -0.15) is 0 Å². The second-order valence-corrected chi connectivity index (χ2v) is 6.30. The number of benzene rings is 1. The van der Waals surface area contributed by atoms with Crippen molar-refractivity contribution in [1.82, 2.24) is 10.2 Å². The molecule has 2 heterocycles. The van der Waals surface area contributed by atoms with Crippen LogP contribution < -0.4 is 14.8 Å². The van der Waals surface area contributed by atoms with Crippen LogP contribution >= 0.6 is 0 Å². The molecular formula is C17H24N2O3. The van der Waals surface area contributed by atoms with Gasteiger partial charge < -0.3 is 19.7 Å². The van der Waals surface area contributed by atoms with E-state index in [1.54, 1.807) is 26.4 Å². The summed E-state index contributed by atoms with van der Waals surface area (Å²) in [7, 11) is 3.19. The highest BCUT2D eigenvalue weighted by Gasteiger charge is 2.40. The molecule has 0 saturated carbocycles. The maximum Gasteiger partial charge on any atom is 0.254 e. The number of piperidine rings is 1. The van der Waals surface area contributed by atoms with Gasteiger partial charge in [-0.1, -0.05) is 0 Å². The number of hydrogen-bond acceptors (Lipinski definition) is 4. The van der Waals surface area contributed by atoms with Crippen molar-refractivity contribution in [3.63, 3.8) is 0 Å². The maximum atomic E-state index is 12.8. The minimum Gasteiger partial charge on any atom is -0.493 e. The van der Waals surface area contributed by atoms with E-state index in [4.69, 9.17) is 9.47 Å². The molecule has 120 valence electrons. The molecule has 2 fully saturated rings. The molecule has 1 aromatic rings. The van der Waals surface area contributed by atoms with Gasteiger partial charge in [-0.3, -0.25) is 4.79 Å². The van der Waals surface area contributed by atoms with E-state index in [0.717, 1.165) is 32.6 Å². The number of nitrogens with zero attached hydrogens (tertiary/aromatic N) is 1. The second kappa shape index (κ2) is 6.16. The molecule has 22 heavy (non-hydrogen) atoms. The SMILES string of the molecule is COc1ccc(C(=O)N2CCC3(CCNCC3)C2)cc1OC. The molecule has 0 aliphatic carbocycles. The standard InChI is InChI=1S/C17H24N2O3/c1-21-14-4-3-13(11-15(14)22-2)16(20)19-10-7-17(12-19)5-8-18-9-6-17/h3-4,11,18H,5-10,12H2,1-2H3. The molecular weight excluding hydrogens is 280 g/mol. The number of carbonyl (C=O) groups is 1. The summed E-state index contributed by atoms with van der Waals surface area (Å²) in [5.41, 5.74) is 1.00. The molecule has 2 aliphatic rings. The summed E-state index contributed by atoms with van der Waals surface area (Å²) in [5, 5.41) is 3.41. The monoisotopic (exact) mass is 304 g/mol. The summed E-state index contributed by atoms with van der Waals surface area (Å²) >= 11 is 0. The minimum atomic E-state index is 0.0939. The molecule has 1 N–H and O–H groups in total. The van der Waals surface area contributed by atoms with Gasteiger partial charge in [-0.05, 0) is 56.0 Å². The van der Waals surface area contributed by atoms with E-state index in [1.165, 1.54) is 12.8 Å². The van der Waals surface area contributed by atoms with Crippen LogP contribution in [-0.4, -0.2) is 51.2 Å². The van der Waals surface area contributed by atoms with E-state index in [1.807, 2.05) is 11.0 Å². The van der Waals surface area contributed by atoms with Gasteiger partial charge in [0.25, 0.3) is 5.91 Å². The quantitative estimate of drug-likeness (QED) is 0.927. The third-order valence-corrected chi connectivity index (χ3v) is 5.02. The first-order valence-corrected chi connectivity index (χ1v) is 7.89. The van der Waals surface area contributed by atoms with Gasteiger partial charge in [-0.15, -0.1) is 0 Å². The van der Waals surface area contributed by atoms with Gasteiger partial charge in [0.1, 0.15) is 0 Å². The van der Waals surface area contributed by atoms with Crippen molar-refractivity contribution in [2.45, 2.75) is 19.3 Å². The van der Waals surface area contributed by atoms with Gasteiger partial charge in [0.05, 0.1) is 14.2 Å². The summed E-state index contributed by atoms with van der Waals surface area (Å²) in [6.45, 7) is 3.87. The molecule has 0 radical (unpaired) electrons. The lowest BCUT2D eigenvalue weighted by molar-refractivity contribution is 0.0761. The topological polar surface area (TPSA) is 50.8 Å². The Morgan fingerprint density at radius 1 is 1.14 bits per heavy atom. The first-order chi connectivity index (χ1) is 10.7. The lowest BCUT2D eigenvalue weighted by atomic mass is 9.78. The van der Waals surface area contributed by atoms with E-state index < -0.39 is 0 Å². The van der Waals surface area contributed by atoms with Crippen molar-refractivity contribution >= 4 is 5.91 Å². The molecule has 2 aliphatic heterocycles. The molecule has 1 aromatic carbocycles. The third-order valence-electron chi connectivity index (χ3n) is 5.02. The number of ether oxygens (including phenoxy) is 2. The zero-order valence-corrected chi connectivity index (χ0v) is 13.4. The first kappa shape index (κ1) is 15.2. The Bertz CT molecular complexity index is 553. The van der Waals surface area contributed by atoms with Crippen molar-refractivity contribution in [2.24, 2.45) is 5.41 Å². The third kappa shape index (κ3) is 2.77. The maximum absolute atomic E-state index is 12.8. The first-order valence-electron chi connectivity index (χ1n) is 7.89. The summed E-state index contributed by atoms with van der Waals surface area (Å²) in [6.07, 6.45) is 3.46. The molecule has 0 unspecified atom stereocenters. The molecule has 0 bridgehead atoms. The van der Waals surface area contributed by atoms with Crippen LogP contribution in [-0.2, 0) is 0 Å². The van der Waals surface area contributed by atoms with Crippen LogP contribution in [0, 0.1) is 5.41 Å². The van der Waals surface area contributed by atoms with Crippen LogP contribution in [0.5, 0.6) is 11.5 Å². The molecule has 1 amide bonds. The van der Waals surface area contributed by atoms with E-state index in [0.29, 0.717) is 22.5 Å². The molecule has 0 aromatic heterocycles. The van der Waals surface area contributed by atoms with Crippen LogP contribution in [0.4, 0.5) is 0 Å². The predicted octanol–water partition coefficient (Wildman–Crippen LogP) is 1.92. The van der Waals surface area contributed by atoms with Crippen molar-refractivity contribution in [3.8, 4) is 11.5 Å². The number of amides is 1. The highest BCUT2D eigenvalue weighted by atomic mass is 16.5. The van der Waals surface area contributed by atoms with Crippen LogP contribution in [0.25, 0.3) is 0 Å². The zero-order valence-electron chi connectivity index (χ0n) is 13.4. The van der Waals surface area contributed by atoms with Crippen LogP contribution in [0.2, 0.25) is 0 Å². The molecule has 0 atom stereocenters. The molecule has 5 heteroatoms. The number of hydrogen-bond donors (Lipinski definition) is 1. The predicted molar refractivity (Wildman–Crippen MR) is 84.6 cm³/mol. The Kier molecular flexibility index (Phi) is 4.25. The number of nitrogens with one attached hydrogen (secondary N) is 1. The van der Waals surface area contributed by atoms with Crippen LogP contribution in [0.15, 0.2) is 18.2 Å². The lowest BCUT2D eigenvalue weighted by Gasteiger charge is -2.33. The van der Waals surface area contributed by atoms with Gasteiger partial charge >= 0.3 is 0 Å². The smallest absolute Gasteiger partial charge is 0.254 e. The Morgan fingerprint density at radius 2 is 1.86 bits per heavy atom. The highest BCUT2D eigenvalue weighted by Crippen LogP contribution is 2.39. The number of carbonyl (C=O) groups excluding carboxylic acids is 1. The fraction of sp³-hybridized carbons (Fsp3) is 0.588. The largest absolute Gasteiger partial charge is 0.493 e. The van der Waals surface area contributed by atoms with Crippen molar-refractivity contribution in [2.75, 3.05) is 40.4 Å². The van der Waals surface area contributed by atoms with Gasteiger partial charge in [0, 0.05) is 18.7 Å². The van der Waals surface area contributed by atoms with Gasteiger partial charge in [0.15, 0.2) is 11.5 Å². The summed E-state index contributed by atoms with van der Waals surface area (Å²) in [4.78, 5) is 14.7. The Labute approximate surface area is 131 Å². The Hall–Kier alpha value is -1.75. The molecule has 2 saturated heterocycles. The lowest BCUT2D eigenvalue weighted by Crippen LogP contribution is -2.39. The van der Waals surface area contributed by atoms with Crippen molar-refractivity contribution in [3.05, 3.63) is 23.8 Å². The molecule has 3 rings (SSSR count). The van der Waals surface area contributed by atoms with Crippen LogP contribution in [0.1, 0.15) is 29.6 Å². The fourth-order valence-corrected chi connectivity index (χ4v) is 3.63. The normalized spacial score (nSPS) is 20.2. The van der Waals surface area contributed by atoms with E-state index in [2.05, 4.69) is 5.32 Å². The van der Waals surface area contributed by atoms with Crippen molar-refractivity contribution < 1.29 is 14.3 Å². The summed E-state index contributed by atoms with van der Waals surface area (Å²) in [5.74, 6) is 1.34. The minimum absolute atomic E-state index is 0.0939. The number of rotatable bonds is 3. The molecule has 1 spiro atoms. The average Bonchev–Trinajstić information content (AvgIpc) is 2.97. The Balaban J connectivity index is 1.74. The van der Waals surface area contributed by atoms with Crippen molar-refractivity contribution in [1.29, 1.82) is 0 Å². The van der Waals surface area contributed by atoms with Crippen LogP contribution in [0.3, 0.4) is 0 Å². The zero-order chi connectivity index (χ0) is 15.6. The second-order valence-electron chi connectivity index (χ2n) is 6.30. The fourth-order valence-electron chi connectivity index (χ4n) is 3.63. The summed E-state index contributed by atoms with van der Waals surface area (Å²) < 4.78 is 10.5. The Morgan fingerprint density at radius 3 is 2.55 bits per heavy atom. The average molecular weight is 304 g/mol. The van der Waals surface area contributed by atoms with E-state index >= 15 is 0 Å². The van der Waals surface area contributed by atoms with Gasteiger partial charge in [-0.25, -0.2) is 0 Å². The summed E-state index contributed by atoms with van der Waals surface area (Å²) in [6, 6.07) is 5.38. The van der Waals surface area contributed by atoms with E-state index in [9.17, 15) is 4.79 Å². The number of likely N-dealkylation sites (tertiary alicyclic amines) is 1. The van der Waals surface area contributed by atoms with Gasteiger partial charge in [0.2, 0.25) is 0 Å².